The maximum Gasteiger partial charge on any atom is 0.237 e. The van der Waals surface area contributed by atoms with Gasteiger partial charge in [0.2, 0.25) is 5.91 Å². The lowest BCUT2D eigenvalue weighted by Gasteiger charge is -2.35. The van der Waals surface area contributed by atoms with Gasteiger partial charge in [0.15, 0.2) is 9.84 Å². The van der Waals surface area contributed by atoms with Crippen LogP contribution in [-0.4, -0.2) is 74.5 Å². The number of carbonyl (C=O) groups excluding carboxylic acids is 1. The highest BCUT2D eigenvalue weighted by atomic mass is 32.2. The molecule has 2 saturated heterocycles. The first-order chi connectivity index (χ1) is 12.4. The minimum absolute atomic E-state index is 0.0469. The van der Waals surface area contributed by atoms with Gasteiger partial charge in [0.25, 0.3) is 0 Å². The number of ether oxygens (including phenoxy) is 1. The Labute approximate surface area is 153 Å². The van der Waals surface area contributed by atoms with Crippen LogP contribution in [0, 0.1) is 5.82 Å². The largest absolute Gasteiger partial charge is 0.371 e. The van der Waals surface area contributed by atoms with E-state index in [4.69, 9.17) is 4.74 Å². The van der Waals surface area contributed by atoms with Gasteiger partial charge >= 0.3 is 0 Å². The Morgan fingerprint density at radius 2 is 2.08 bits per heavy atom. The van der Waals surface area contributed by atoms with Gasteiger partial charge in [-0.3, -0.25) is 9.69 Å². The Morgan fingerprint density at radius 1 is 1.35 bits per heavy atom. The Kier molecular flexibility index (Phi) is 5.94. The van der Waals surface area contributed by atoms with Gasteiger partial charge in [-0.05, 0) is 31.0 Å². The monoisotopic (exact) mass is 384 g/mol. The molecule has 0 bridgehead atoms. The van der Waals surface area contributed by atoms with E-state index in [1.807, 2.05) is 11.8 Å². The number of hydrogen-bond donors (Lipinski definition) is 0. The average molecular weight is 384 g/mol. The lowest BCUT2D eigenvalue weighted by atomic mass is 10.1. The Hall–Kier alpha value is -1.51. The minimum atomic E-state index is -3.02. The fraction of sp³-hybridized carbons (Fsp3) is 0.611. The van der Waals surface area contributed by atoms with Gasteiger partial charge in [-0.2, -0.15) is 0 Å². The van der Waals surface area contributed by atoms with Gasteiger partial charge in [0.05, 0.1) is 30.8 Å². The van der Waals surface area contributed by atoms with Crippen molar-refractivity contribution < 1.29 is 22.3 Å². The van der Waals surface area contributed by atoms with Gasteiger partial charge in [0.1, 0.15) is 5.82 Å². The van der Waals surface area contributed by atoms with Crippen molar-refractivity contribution in [3.8, 4) is 0 Å². The van der Waals surface area contributed by atoms with Gasteiger partial charge in [-0.15, -0.1) is 0 Å². The van der Waals surface area contributed by atoms with Crippen LogP contribution in [-0.2, 0) is 19.4 Å². The number of benzene rings is 1. The van der Waals surface area contributed by atoms with Crippen LogP contribution in [0.2, 0.25) is 0 Å². The number of rotatable bonds is 5. The van der Waals surface area contributed by atoms with E-state index >= 15 is 0 Å². The van der Waals surface area contributed by atoms with Crippen molar-refractivity contribution in [2.75, 3.05) is 44.3 Å². The molecule has 3 rings (SSSR count). The first kappa shape index (κ1) is 19.3. The van der Waals surface area contributed by atoms with Crippen molar-refractivity contribution in [1.82, 2.24) is 9.80 Å². The van der Waals surface area contributed by atoms with E-state index in [1.54, 1.807) is 17.0 Å². The fourth-order valence-corrected chi connectivity index (χ4v) is 5.40. The lowest BCUT2D eigenvalue weighted by Crippen LogP contribution is -2.49. The molecule has 1 amide bonds. The molecule has 0 saturated carbocycles. The zero-order valence-corrected chi connectivity index (χ0v) is 15.8. The number of carbonyl (C=O) groups is 1. The van der Waals surface area contributed by atoms with Gasteiger partial charge < -0.3 is 9.64 Å². The molecule has 0 radical (unpaired) electrons. The number of halogens is 1. The molecule has 0 N–H and O–H groups in total. The zero-order chi connectivity index (χ0) is 18.7. The van der Waals surface area contributed by atoms with Crippen LogP contribution < -0.4 is 0 Å². The summed E-state index contributed by atoms with van der Waals surface area (Å²) in [5.74, 6) is -0.115. The predicted octanol–water partition coefficient (Wildman–Crippen LogP) is 1.23. The van der Waals surface area contributed by atoms with Crippen molar-refractivity contribution >= 4 is 15.7 Å². The molecular weight excluding hydrogens is 359 g/mol. The van der Waals surface area contributed by atoms with E-state index in [1.165, 1.54) is 12.1 Å². The second-order valence-electron chi connectivity index (χ2n) is 6.88. The van der Waals surface area contributed by atoms with Gasteiger partial charge in [0, 0.05) is 25.7 Å². The summed E-state index contributed by atoms with van der Waals surface area (Å²) >= 11 is 0. The molecule has 144 valence electrons. The topological polar surface area (TPSA) is 66.9 Å². The number of hydrogen-bond acceptors (Lipinski definition) is 5. The minimum Gasteiger partial charge on any atom is -0.371 e. The Bertz CT molecular complexity index is 738. The van der Waals surface area contributed by atoms with Crippen LogP contribution >= 0.6 is 0 Å². The molecule has 1 aromatic rings. The quantitative estimate of drug-likeness (QED) is 0.764. The number of nitrogens with zero attached hydrogens (tertiary/aromatic N) is 2. The van der Waals surface area contributed by atoms with E-state index in [-0.39, 0.29) is 41.9 Å². The number of likely N-dealkylation sites (N-methyl/N-ethyl adjacent to an activating group) is 1. The standard InChI is InChI=1S/C18H25FN2O4S/c1-2-21(16-7-10-26(23,24)13-16)18(22)12-20-8-9-25-17(11-20)14-3-5-15(19)6-4-14/h3-6,16-17H,2,7-13H2,1H3. The fourth-order valence-electron chi connectivity index (χ4n) is 3.67. The summed E-state index contributed by atoms with van der Waals surface area (Å²) in [6.45, 7) is 4.32. The van der Waals surface area contributed by atoms with E-state index in [9.17, 15) is 17.6 Å². The lowest BCUT2D eigenvalue weighted by molar-refractivity contribution is -0.136. The van der Waals surface area contributed by atoms with Crippen LogP contribution in [0.1, 0.15) is 25.0 Å². The molecule has 1 aromatic carbocycles. The zero-order valence-electron chi connectivity index (χ0n) is 14.9. The smallest absolute Gasteiger partial charge is 0.237 e. The molecule has 0 aliphatic carbocycles. The molecule has 26 heavy (non-hydrogen) atoms. The summed E-state index contributed by atoms with van der Waals surface area (Å²) < 4.78 is 42.3. The van der Waals surface area contributed by atoms with Crippen LogP contribution in [0.15, 0.2) is 24.3 Å². The molecule has 0 aromatic heterocycles. The summed E-state index contributed by atoms with van der Waals surface area (Å²) in [5.41, 5.74) is 0.887. The third-order valence-corrected chi connectivity index (χ3v) is 6.81. The third kappa shape index (κ3) is 4.61. The molecule has 2 heterocycles. The molecule has 2 aliphatic rings. The second-order valence-corrected chi connectivity index (χ2v) is 9.11. The first-order valence-electron chi connectivity index (χ1n) is 8.97. The molecular formula is C18H25FN2O4S. The first-order valence-corrected chi connectivity index (χ1v) is 10.8. The highest BCUT2D eigenvalue weighted by Crippen LogP contribution is 2.23. The normalized spacial score (nSPS) is 25.9. The van der Waals surface area contributed by atoms with Gasteiger partial charge in [-0.1, -0.05) is 12.1 Å². The van der Waals surface area contributed by atoms with Crippen molar-refractivity contribution in [2.24, 2.45) is 0 Å². The Balaban J connectivity index is 1.60. The van der Waals surface area contributed by atoms with Crippen LogP contribution in [0.3, 0.4) is 0 Å². The predicted molar refractivity (Wildman–Crippen MR) is 96.0 cm³/mol. The summed E-state index contributed by atoms with van der Waals surface area (Å²) in [6, 6.07) is 6.00. The van der Waals surface area contributed by atoms with E-state index in [2.05, 4.69) is 0 Å². The van der Waals surface area contributed by atoms with E-state index < -0.39 is 9.84 Å². The Morgan fingerprint density at radius 3 is 2.69 bits per heavy atom. The van der Waals surface area contributed by atoms with Crippen molar-refractivity contribution in [2.45, 2.75) is 25.5 Å². The number of amides is 1. The molecule has 6 nitrogen and oxygen atoms in total. The third-order valence-electron chi connectivity index (χ3n) is 5.06. The van der Waals surface area contributed by atoms with Crippen LogP contribution in [0.25, 0.3) is 0 Å². The SMILES string of the molecule is CCN(C(=O)CN1CCOC(c2ccc(F)cc2)C1)C1CCS(=O)(=O)C1. The van der Waals surface area contributed by atoms with Crippen molar-refractivity contribution in [1.29, 1.82) is 0 Å². The highest BCUT2D eigenvalue weighted by Gasteiger charge is 2.34. The van der Waals surface area contributed by atoms with Crippen molar-refractivity contribution in [3.63, 3.8) is 0 Å². The van der Waals surface area contributed by atoms with Crippen LogP contribution in [0.5, 0.6) is 0 Å². The molecule has 2 fully saturated rings. The van der Waals surface area contributed by atoms with E-state index in [0.29, 0.717) is 32.7 Å². The summed E-state index contributed by atoms with van der Waals surface area (Å²) in [4.78, 5) is 16.4. The average Bonchev–Trinajstić information content (AvgIpc) is 2.96. The summed E-state index contributed by atoms with van der Waals surface area (Å²) in [7, 11) is -3.02. The van der Waals surface area contributed by atoms with Gasteiger partial charge in [-0.25, -0.2) is 12.8 Å². The second kappa shape index (κ2) is 8.02. The molecule has 2 atom stereocenters. The molecule has 0 spiro atoms. The highest BCUT2D eigenvalue weighted by molar-refractivity contribution is 7.91. The molecule has 8 heteroatoms. The maximum atomic E-state index is 13.1. The van der Waals surface area contributed by atoms with Crippen molar-refractivity contribution in [3.05, 3.63) is 35.6 Å². The summed E-state index contributed by atoms with van der Waals surface area (Å²) in [6.07, 6.45) is 0.322. The number of sulfone groups is 1. The maximum absolute atomic E-state index is 13.1. The van der Waals surface area contributed by atoms with E-state index in [0.717, 1.165) is 5.56 Å². The van der Waals surface area contributed by atoms with Crippen LogP contribution in [0.4, 0.5) is 4.39 Å². The molecule has 2 unspecified atom stereocenters. The molecule has 2 aliphatic heterocycles. The number of morpholine rings is 1. The summed E-state index contributed by atoms with van der Waals surface area (Å²) in [5, 5.41) is 0.